The van der Waals surface area contributed by atoms with Crippen LogP contribution in [-0.2, 0) is 11.2 Å². The number of carbonyl (C=O) groups is 1. The van der Waals surface area contributed by atoms with E-state index in [1.165, 1.54) is 17.7 Å². The fraction of sp³-hybridized carbons (Fsp3) is 0.235. The van der Waals surface area contributed by atoms with Gasteiger partial charge in [0.25, 0.3) is 0 Å². The van der Waals surface area contributed by atoms with Gasteiger partial charge in [-0.3, -0.25) is 4.79 Å². The van der Waals surface area contributed by atoms with Crippen LogP contribution in [0.4, 0.5) is 15.8 Å². The summed E-state index contributed by atoms with van der Waals surface area (Å²) in [6.07, 6.45) is 0.969. The first-order valence-corrected chi connectivity index (χ1v) is 7.00. The minimum Gasteiger partial charge on any atom is -0.374 e. The SMILES string of the molecule is CCc1ccc(NC(=O)[C@H](C)Nc2ccc(F)cc2)cc1. The maximum atomic E-state index is 12.8. The van der Waals surface area contributed by atoms with Crippen LogP contribution in [0.2, 0.25) is 0 Å². The van der Waals surface area contributed by atoms with Crippen molar-refractivity contribution >= 4 is 17.3 Å². The van der Waals surface area contributed by atoms with Crippen molar-refractivity contribution in [3.63, 3.8) is 0 Å². The lowest BCUT2D eigenvalue weighted by atomic mass is 10.1. The second kappa shape index (κ2) is 6.88. The number of amides is 1. The molecule has 1 amide bonds. The number of benzene rings is 2. The summed E-state index contributed by atoms with van der Waals surface area (Å²) in [6, 6.07) is 13.3. The van der Waals surface area contributed by atoms with Crippen LogP contribution in [0.15, 0.2) is 48.5 Å². The third-order valence-corrected chi connectivity index (χ3v) is 3.25. The fourth-order valence-corrected chi connectivity index (χ4v) is 1.94. The summed E-state index contributed by atoms with van der Waals surface area (Å²) in [5.41, 5.74) is 2.70. The van der Waals surface area contributed by atoms with Crippen molar-refractivity contribution in [1.29, 1.82) is 0 Å². The Bertz CT molecular complexity index is 593. The Morgan fingerprint density at radius 3 is 2.19 bits per heavy atom. The molecule has 110 valence electrons. The first kappa shape index (κ1) is 15.0. The zero-order chi connectivity index (χ0) is 15.2. The molecule has 0 bridgehead atoms. The molecule has 2 rings (SSSR count). The van der Waals surface area contributed by atoms with E-state index in [9.17, 15) is 9.18 Å². The molecule has 0 saturated carbocycles. The third kappa shape index (κ3) is 4.31. The van der Waals surface area contributed by atoms with Crippen molar-refractivity contribution in [2.24, 2.45) is 0 Å². The molecule has 21 heavy (non-hydrogen) atoms. The van der Waals surface area contributed by atoms with Gasteiger partial charge in [0.2, 0.25) is 5.91 Å². The second-order valence-electron chi connectivity index (χ2n) is 4.91. The molecule has 0 aliphatic heterocycles. The summed E-state index contributed by atoms with van der Waals surface area (Å²) in [5, 5.41) is 5.88. The highest BCUT2D eigenvalue weighted by Crippen LogP contribution is 2.13. The van der Waals surface area contributed by atoms with Gasteiger partial charge < -0.3 is 10.6 Å². The first-order chi connectivity index (χ1) is 10.1. The molecule has 0 saturated heterocycles. The van der Waals surface area contributed by atoms with E-state index in [0.29, 0.717) is 5.69 Å². The normalized spacial score (nSPS) is 11.8. The number of anilines is 2. The standard InChI is InChI=1S/C17H19FN2O/c1-3-13-4-8-16(9-5-13)20-17(21)12(2)19-15-10-6-14(18)7-11-15/h4-12,19H,3H2,1-2H3,(H,20,21)/t12-/m0/s1. The van der Waals surface area contributed by atoms with Crippen LogP contribution in [0.5, 0.6) is 0 Å². The predicted octanol–water partition coefficient (Wildman–Crippen LogP) is 3.83. The number of carbonyl (C=O) groups excluding carboxylic acids is 1. The van der Waals surface area contributed by atoms with Crippen molar-refractivity contribution in [3.8, 4) is 0 Å². The maximum Gasteiger partial charge on any atom is 0.246 e. The first-order valence-electron chi connectivity index (χ1n) is 7.00. The highest BCUT2D eigenvalue weighted by atomic mass is 19.1. The molecule has 2 aromatic carbocycles. The molecule has 0 radical (unpaired) electrons. The molecule has 2 aromatic rings. The van der Waals surface area contributed by atoms with Gasteiger partial charge in [0.1, 0.15) is 11.9 Å². The summed E-state index contributed by atoms with van der Waals surface area (Å²) in [6.45, 7) is 3.85. The molecule has 0 heterocycles. The Morgan fingerprint density at radius 2 is 1.62 bits per heavy atom. The highest BCUT2D eigenvalue weighted by molar-refractivity contribution is 5.96. The van der Waals surface area contributed by atoms with E-state index < -0.39 is 6.04 Å². The smallest absolute Gasteiger partial charge is 0.246 e. The van der Waals surface area contributed by atoms with E-state index in [0.717, 1.165) is 12.1 Å². The molecule has 4 heteroatoms. The number of hydrogen-bond donors (Lipinski definition) is 2. The minimum absolute atomic E-state index is 0.136. The molecule has 0 aliphatic rings. The van der Waals surface area contributed by atoms with Gasteiger partial charge >= 0.3 is 0 Å². The molecule has 0 fully saturated rings. The molecule has 0 spiro atoms. The van der Waals surface area contributed by atoms with Crippen molar-refractivity contribution in [2.45, 2.75) is 26.3 Å². The number of halogens is 1. The van der Waals surface area contributed by atoms with E-state index in [1.807, 2.05) is 24.3 Å². The summed E-state index contributed by atoms with van der Waals surface area (Å²) >= 11 is 0. The third-order valence-electron chi connectivity index (χ3n) is 3.25. The lowest BCUT2D eigenvalue weighted by molar-refractivity contribution is -0.116. The van der Waals surface area contributed by atoms with Gasteiger partial charge in [-0.1, -0.05) is 19.1 Å². The lowest BCUT2D eigenvalue weighted by Gasteiger charge is -2.15. The Morgan fingerprint density at radius 1 is 1.05 bits per heavy atom. The van der Waals surface area contributed by atoms with E-state index in [-0.39, 0.29) is 11.7 Å². The van der Waals surface area contributed by atoms with Crippen molar-refractivity contribution in [1.82, 2.24) is 0 Å². The number of hydrogen-bond acceptors (Lipinski definition) is 2. The molecular formula is C17H19FN2O. The minimum atomic E-state index is -0.415. The van der Waals surface area contributed by atoms with Crippen LogP contribution < -0.4 is 10.6 Å². The second-order valence-corrected chi connectivity index (χ2v) is 4.91. The van der Waals surface area contributed by atoms with Crippen LogP contribution in [-0.4, -0.2) is 11.9 Å². The van der Waals surface area contributed by atoms with Crippen molar-refractivity contribution in [3.05, 3.63) is 59.9 Å². The van der Waals surface area contributed by atoms with E-state index in [1.54, 1.807) is 19.1 Å². The Labute approximate surface area is 124 Å². The average Bonchev–Trinajstić information content (AvgIpc) is 2.50. The van der Waals surface area contributed by atoms with Gasteiger partial charge in [-0.25, -0.2) is 4.39 Å². The summed E-state index contributed by atoms with van der Waals surface area (Å²) in [4.78, 5) is 12.1. The monoisotopic (exact) mass is 286 g/mol. The van der Waals surface area contributed by atoms with Gasteiger partial charge in [0.15, 0.2) is 0 Å². The average molecular weight is 286 g/mol. The van der Waals surface area contributed by atoms with E-state index in [4.69, 9.17) is 0 Å². The van der Waals surface area contributed by atoms with Gasteiger partial charge in [-0.2, -0.15) is 0 Å². The molecular weight excluding hydrogens is 267 g/mol. The van der Waals surface area contributed by atoms with E-state index >= 15 is 0 Å². The van der Waals surface area contributed by atoms with Gasteiger partial charge in [0.05, 0.1) is 0 Å². The summed E-state index contributed by atoms with van der Waals surface area (Å²) in [5.74, 6) is -0.433. The molecule has 0 aliphatic carbocycles. The summed E-state index contributed by atoms with van der Waals surface area (Å²) < 4.78 is 12.8. The largest absolute Gasteiger partial charge is 0.374 e. The molecule has 0 unspecified atom stereocenters. The Balaban J connectivity index is 1.93. The molecule has 3 nitrogen and oxygen atoms in total. The number of aryl methyl sites for hydroxylation is 1. The Kier molecular flexibility index (Phi) is 4.93. The zero-order valence-corrected chi connectivity index (χ0v) is 12.2. The topological polar surface area (TPSA) is 41.1 Å². The summed E-state index contributed by atoms with van der Waals surface area (Å²) in [7, 11) is 0. The van der Waals surface area contributed by atoms with Crippen LogP contribution in [0.3, 0.4) is 0 Å². The lowest BCUT2D eigenvalue weighted by Crippen LogP contribution is -2.31. The Hall–Kier alpha value is -2.36. The van der Waals surface area contributed by atoms with Crippen molar-refractivity contribution in [2.75, 3.05) is 10.6 Å². The van der Waals surface area contributed by atoms with Crippen LogP contribution >= 0.6 is 0 Å². The van der Waals surface area contributed by atoms with Crippen LogP contribution in [0.1, 0.15) is 19.4 Å². The fourth-order valence-electron chi connectivity index (χ4n) is 1.94. The number of nitrogens with one attached hydrogen (secondary N) is 2. The van der Waals surface area contributed by atoms with E-state index in [2.05, 4.69) is 17.6 Å². The molecule has 2 N–H and O–H groups in total. The number of rotatable bonds is 5. The van der Waals surface area contributed by atoms with Gasteiger partial charge in [-0.05, 0) is 55.3 Å². The van der Waals surface area contributed by atoms with Crippen molar-refractivity contribution < 1.29 is 9.18 Å². The maximum absolute atomic E-state index is 12.8. The van der Waals surface area contributed by atoms with Gasteiger partial charge in [0, 0.05) is 11.4 Å². The van der Waals surface area contributed by atoms with Crippen LogP contribution in [0.25, 0.3) is 0 Å². The molecule has 0 aromatic heterocycles. The van der Waals surface area contributed by atoms with Crippen LogP contribution in [0, 0.1) is 5.82 Å². The van der Waals surface area contributed by atoms with Gasteiger partial charge in [-0.15, -0.1) is 0 Å². The predicted molar refractivity (Wildman–Crippen MR) is 83.9 cm³/mol. The molecule has 1 atom stereocenters. The zero-order valence-electron chi connectivity index (χ0n) is 12.2. The highest BCUT2D eigenvalue weighted by Gasteiger charge is 2.12. The quantitative estimate of drug-likeness (QED) is 0.877.